The second kappa shape index (κ2) is 19.9. The lowest BCUT2D eigenvalue weighted by Crippen LogP contribution is -2.79. The van der Waals surface area contributed by atoms with Crippen molar-refractivity contribution in [2.75, 3.05) is 11.5 Å². The molecule has 0 aliphatic carbocycles. The van der Waals surface area contributed by atoms with Gasteiger partial charge in [0.15, 0.2) is 0 Å². The number of alkyl halides is 38. The molecule has 48 heteroatoms. The third-order valence-electron chi connectivity index (χ3n) is 7.86. The van der Waals surface area contributed by atoms with Crippen molar-refractivity contribution in [3.63, 3.8) is 0 Å². The molecule has 0 aliphatic rings. The topological polar surface area (TPSA) is 149 Å². The summed E-state index contributed by atoms with van der Waals surface area (Å²) in [5.74, 6) is -108. The number of aliphatic hydroxyl groups is 2. The molecule has 0 aromatic carbocycles. The first-order chi connectivity index (χ1) is 30.1. The van der Waals surface area contributed by atoms with Crippen molar-refractivity contribution < 1.29 is 203 Å². The van der Waals surface area contributed by atoms with Gasteiger partial charge in [-0.15, -0.1) is 0 Å². The number of hydrogen-bond acceptors (Lipinski definition) is 6. The largest absolute Gasteiger partial charge is 0.460 e. The van der Waals surface area contributed by atoms with Gasteiger partial charge in [-0.2, -0.15) is 175 Å². The number of aliphatic hydroxyl groups excluding tert-OH is 1. The molecule has 0 bridgehead atoms. The van der Waals surface area contributed by atoms with E-state index in [4.69, 9.17) is 19.3 Å². The molecule has 0 saturated heterocycles. The quantitative estimate of drug-likeness (QED) is 0.0602. The maximum absolute atomic E-state index is 13.9. The predicted molar refractivity (Wildman–Crippen MR) is 147 cm³/mol. The monoisotopic (exact) mass is 1220 g/mol. The molecule has 0 aromatic rings. The Morgan fingerprint density at radius 2 is 0.444 bits per heavy atom. The van der Waals surface area contributed by atoms with Gasteiger partial charge in [-0.3, -0.25) is 9.11 Å². The Morgan fingerprint density at radius 3 is 0.569 bits per heavy atom. The van der Waals surface area contributed by atoms with Gasteiger partial charge in [0.25, 0.3) is 20.2 Å². The summed E-state index contributed by atoms with van der Waals surface area (Å²) < 4.78 is 553. The van der Waals surface area contributed by atoms with Crippen molar-refractivity contribution in [2.24, 2.45) is 0 Å². The van der Waals surface area contributed by atoms with Crippen LogP contribution in [0.25, 0.3) is 0 Å². The predicted octanol–water partition coefficient (Wildman–Crippen LogP) is 11.1. The van der Waals surface area contributed by atoms with Crippen LogP contribution in [0.4, 0.5) is 167 Å². The van der Waals surface area contributed by atoms with E-state index in [2.05, 4.69) is 0 Å². The van der Waals surface area contributed by atoms with E-state index >= 15 is 0 Å². The lowest BCUT2D eigenvalue weighted by Gasteiger charge is -2.46. The molecule has 0 rings (SSSR count). The summed E-state index contributed by atoms with van der Waals surface area (Å²) in [6.45, 7) is 1.28. The normalized spacial score (nSPS) is 17.6. The standard InChI is InChI=1S/2C11H5F19O3S.C2H6O2/c2*12-3(13,1-2-34(31,32)33)5(15,16)8(21,22)6(17,18)4(14,10(25,26)27)7(19,20)9(23,24)11(28,29)30;1-2(3)4/h2*1-2H2,(H,31,32,33);2-4H,1H3. The Kier molecular flexibility index (Phi) is 20.3. The van der Waals surface area contributed by atoms with Gasteiger partial charge in [-0.25, -0.2) is 8.78 Å². The molecule has 0 amide bonds. The number of hydrogen-bond donors (Lipinski definition) is 4. The molecular formula is C24H16F38O8S2. The van der Waals surface area contributed by atoms with Crippen LogP contribution in [0.3, 0.4) is 0 Å². The van der Waals surface area contributed by atoms with Gasteiger partial charge in [-0.1, -0.05) is 0 Å². The van der Waals surface area contributed by atoms with Gasteiger partial charge in [0.1, 0.15) is 6.29 Å². The first kappa shape index (κ1) is 73.3. The van der Waals surface area contributed by atoms with E-state index in [1.54, 1.807) is 0 Å². The van der Waals surface area contributed by atoms with Crippen LogP contribution in [0.1, 0.15) is 19.8 Å². The maximum Gasteiger partial charge on any atom is 0.460 e. The van der Waals surface area contributed by atoms with Crippen LogP contribution >= 0.6 is 0 Å². The van der Waals surface area contributed by atoms with E-state index in [0.29, 0.717) is 0 Å². The molecule has 72 heavy (non-hydrogen) atoms. The van der Waals surface area contributed by atoms with Crippen molar-refractivity contribution in [2.45, 2.75) is 133 Å². The van der Waals surface area contributed by atoms with Crippen molar-refractivity contribution in [1.29, 1.82) is 0 Å². The SMILES string of the molecule is CC(O)O.O=S(=O)(O)CCC(F)(F)C(F)(F)C(F)(F)C(F)(F)C(F)(C(F)(F)F)C(F)(F)C(F)(F)C(F)(F)F.O=S(=O)(O)CCC(F)(F)C(F)(F)C(F)(F)C(F)(F)C(F)(C(F)(F)F)C(F)(F)C(F)(F)C(F)(F)F. The molecule has 0 fully saturated rings. The minimum atomic E-state index is -9.31. The van der Waals surface area contributed by atoms with Gasteiger partial charge in [-0.05, 0) is 6.92 Å². The zero-order valence-corrected chi connectivity index (χ0v) is 33.6. The number of halogens is 38. The van der Waals surface area contributed by atoms with Gasteiger partial charge in [0, 0.05) is 12.8 Å². The molecule has 4 N–H and O–H groups in total. The molecular weight excluding hydrogens is 1200 g/mol. The van der Waals surface area contributed by atoms with Crippen LogP contribution < -0.4 is 0 Å². The highest BCUT2D eigenvalue weighted by molar-refractivity contribution is 7.86. The molecule has 2 atom stereocenters. The van der Waals surface area contributed by atoms with Gasteiger partial charge in [0.05, 0.1) is 11.5 Å². The van der Waals surface area contributed by atoms with Crippen LogP contribution in [0.2, 0.25) is 0 Å². The van der Waals surface area contributed by atoms with Gasteiger partial charge >= 0.3 is 107 Å². The smallest absolute Gasteiger partial charge is 0.368 e. The number of rotatable bonds is 18. The average molecular weight is 1220 g/mol. The van der Waals surface area contributed by atoms with Crippen LogP contribution in [0.5, 0.6) is 0 Å². The third kappa shape index (κ3) is 12.2. The van der Waals surface area contributed by atoms with Gasteiger partial charge in [0.2, 0.25) is 0 Å². The van der Waals surface area contributed by atoms with E-state index in [1.165, 1.54) is 6.92 Å². The molecule has 0 radical (unpaired) electrons. The second-order valence-corrected chi connectivity index (χ2v) is 16.3. The van der Waals surface area contributed by atoms with E-state index in [-0.39, 0.29) is 0 Å². The molecule has 0 heterocycles. The van der Waals surface area contributed by atoms with Crippen LogP contribution in [0.15, 0.2) is 0 Å². The molecule has 0 aromatic heterocycles. The molecule has 2 unspecified atom stereocenters. The molecule has 0 aliphatic heterocycles. The summed E-state index contributed by atoms with van der Waals surface area (Å²) in [7, 11) is -11.7. The summed E-state index contributed by atoms with van der Waals surface area (Å²) in [5, 5.41) is 15.2. The highest BCUT2D eigenvalue weighted by atomic mass is 32.2. The van der Waals surface area contributed by atoms with Crippen molar-refractivity contribution >= 4 is 20.2 Å². The summed E-state index contributed by atoms with van der Waals surface area (Å²) in [6.07, 6.45) is -41.6. The summed E-state index contributed by atoms with van der Waals surface area (Å²) >= 11 is 0. The van der Waals surface area contributed by atoms with E-state index in [1.807, 2.05) is 0 Å². The Hall–Kier alpha value is -2.92. The third-order valence-corrected chi connectivity index (χ3v) is 9.30. The summed E-state index contributed by atoms with van der Waals surface area (Å²) in [5.41, 5.74) is -18.6. The molecule has 0 saturated carbocycles. The lowest BCUT2D eigenvalue weighted by molar-refractivity contribution is -0.475. The van der Waals surface area contributed by atoms with Crippen molar-refractivity contribution in [1.82, 2.24) is 0 Å². The highest BCUT2D eigenvalue weighted by Crippen LogP contribution is 2.69. The van der Waals surface area contributed by atoms with Crippen molar-refractivity contribution in [3.05, 3.63) is 0 Å². The first-order valence-electron chi connectivity index (χ1n) is 15.6. The van der Waals surface area contributed by atoms with Crippen LogP contribution in [-0.4, -0.2) is 161 Å². The first-order valence-corrected chi connectivity index (χ1v) is 18.8. The lowest BCUT2D eigenvalue weighted by atomic mass is 9.79. The average Bonchev–Trinajstić information content (AvgIpc) is 3.09. The Labute approximate surface area is 368 Å². The van der Waals surface area contributed by atoms with Gasteiger partial charge < -0.3 is 10.2 Å². The van der Waals surface area contributed by atoms with E-state index in [9.17, 15) is 184 Å². The fourth-order valence-electron chi connectivity index (χ4n) is 4.01. The Balaban J connectivity index is -0.00000123. The zero-order valence-electron chi connectivity index (χ0n) is 32.0. The summed E-state index contributed by atoms with van der Waals surface area (Å²) in [6, 6.07) is 0. The maximum atomic E-state index is 13.9. The van der Waals surface area contributed by atoms with Crippen LogP contribution in [-0.2, 0) is 20.2 Å². The highest BCUT2D eigenvalue weighted by Gasteiger charge is 3.01. The fraction of sp³-hybridized carbons (Fsp3) is 1.00. The van der Waals surface area contributed by atoms with Crippen molar-refractivity contribution in [3.8, 4) is 0 Å². The fourth-order valence-corrected chi connectivity index (χ4v) is 5.04. The second-order valence-electron chi connectivity index (χ2n) is 13.2. The minimum absolute atomic E-state index is 1.17. The zero-order chi connectivity index (χ0) is 60.4. The van der Waals surface area contributed by atoms with E-state index < -0.39 is 158 Å². The molecule has 8 nitrogen and oxygen atoms in total. The molecule has 0 spiro atoms. The van der Waals surface area contributed by atoms with E-state index in [0.717, 1.165) is 0 Å². The summed E-state index contributed by atoms with van der Waals surface area (Å²) in [4.78, 5) is 0. The van der Waals surface area contributed by atoms with Crippen LogP contribution in [0, 0.1) is 0 Å². The molecule has 438 valence electrons. The Bertz CT molecular complexity index is 1910. The Morgan fingerprint density at radius 1 is 0.292 bits per heavy atom. The minimum Gasteiger partial charge on any atom is -0.368 e.